The van der Waals surface area contributed by atoms with E-state index in [0.29, 0.717) is 28.3 Å². The molecule has 7 heteroatoms. The zero-order valence-corrected chi connectivity index (χ0v) is 20.0. The summed E-state index contributed by atoms with van der Waals surface area (Å²) in [4.78, 5) is 21.1. The Bertz CT molecular complexity index is 1190. The number of nitrogens with zero attached hydrogens (tertiary/aromatic N) is 2. The molecule has 0 aliphatic heterocycles. The van der Waals surface area contributed by atoms with Gasteiger partial charge in [-0.25, -0.2) is 8.78 Å². The van der Waals surface area contributed by atoms with Crippen molar-refractivity contribution < 1.29 is 18.3 Å². The first-order chi connectivity index (χ1) is 16.4. The lowest BCUT2D eigenvalue weighted by molar-refractivity contribution is 0.0949. The van der Waals surface area contributed by atoms with Gasteiger partial charge in [0.25, 0.3) is 5.91 Å². The van der Waals surface area contributed by atoms with Crippen LogP contribution in [-0.4, -0.2) is 24.2 Å². The third-order valence-corrected chi connectivity index (χ3v) is 4.83. The lowest BCUT2D eigenvalue weighted by atomic mass is 10.1. The first-order valence-electron chi connectivity index (χ1n) is 11.0. The molecule has 3 aromatic rings. The van der Waals surface area contributed by atoms with Crippen LogP contribution in [0.2, 0.25) is 0 Å². The molecule has 0 saturated carbocycles. The number of aromatic nitrogens is 1. The van der Waals surface area contributed by atoms with Crippen molar-refractivity contribution >= 4 is 17.7 Å². The van der Waals surface area contributed by atoms with Gasteiger partial charge in [0, 0.05) is 54.3 Å². The molecule has 0 aliphatic carbocycles. The molecule has 0 aliphatic rings. The van der Waals surface area contributed by atoms with E-state index in [1.165, 1.54) is 12.1 Å². The van der Waals surface area contributed by atoms with Gasteiger partial charge in [-0.1, -0.05) is 38.1 Å². The van der Waals surface area contributed by atoms with E-state index in [2.05, 4.69) is 15.3 Å². The molecule has 0 unspecified atom stereocenters. The summed E-state index contributed by atoms with van der Waals surface area (Å²) in [6.45, 7) is 7.52. The number of ether oxygens (including phenoxy) is 1. The highest BCUT2D eigenvalue weighted by molar-refractivity contribution is 6.08. The van der Waals surface area contributed by atoms with Gasteiger partial charge in [-0.2, -0.15) is 0 Å². The second kappa shape index (κ2) is 13.0. The van der Waals surface area contributed by atoms with Crippen LogP contribution in [0.1, 0.15) is 48.0 Å². The van der Waals surface area contributed by atoms with E-state index in [0.717, 1.165) is 11.6 Å². The average Bonchev–Trinajstić information content (AvgIpc) is 2.86. The van der Waals surface area contributed by atoms with Gasteiger partial charge in [0.1, 0.15) is 11.5 Å². The summed E-state index contributed by atoms with van der Waals surface area (Å²) in [7, 11) is 1.69. The van der Waals surface area contributed by atoms with E-state index in [1.807, 2.05) is 26.8 Å². The smallest absolute Gasteiger partial charge is 0.251 e. The van der Waals surface area contributed by atoms with Crippen LogP contribution >= 0.6 is 0 Å². The number of amides is 1. The first kappa shape index (κ1) is 26.4. The zero-order chi connectivity index (χ0) is 25.1. The number of carbonyl (C=O) groups is 1. The number of pyridine rings is 1. The van der Waals surface area contributed by atoms with Gasteiger partial charge in [0.05, 0.1) is 5.69 Å². The number of carbonyl (C=O) groups excluding carboxylic acids is 1. The average molecular weight is 466 g/mol. The Hall–Kier alpha value is -3.87. The maximum Gasteiger partial charge on any atom is 0.251 e. The maximum absolute atomic E-state index is 13.8. The van der Waals surface area contributed by atoms with E-state index in [4.69, 9.17) is 4.74 Å². The second-order valence-corrected chi connectivity index (χ2v) is 6.93. The number of hydrogen-bond acceptors (Lipinski definition) is 4. The van der Waals surface area contributed by atoms with Crippen molar-refractivity contribution in [1.29, 1.82) is 0 Å². The Kier molecular flexibility index (Phi) is 10.1. The standard InChI is InChI=1S/C25H23F2N3O2.C2H6/c1-4-17(14-28-3)22-13-19(11-12-29-22)32-23-10-6-8-20(16(23)2)25(31)30-15-18-7-5-9-21(26)24(18)27;1-2/h4-14H,15H2,1-3H3,(H,30,31);1-2H3/b17-4+,28-14?;. The molecule has 1 aromatic heterocycles. The third kappa shape index (κ3) is 6.57. The normalized spacial score (nSPS) is 11.1. The van der Waals surface area contributed by atoms with E-state index in [1.54, 1.807) is 56.7 Å². The molecule has 2 aromatic carbocycles. The van der Waals surface area contributed by atoms with Crippen molar-refractivity contribution in [3.63, 3.8) is 0 Å². The Labute approximate surface area is 199 Å². The summed E-state index contributed by atoms with van der Waals surface area (Å²) >= 11 is 0. The topological polar surface area (TPSA) is 63.6 Å². The van der Waals surface area contributed by atoms with E-state index in [9.17, 15) is 13.6 Å². The molecule has 0 atom stereocenters. The molecule has 0 saturated heterocycles. The molecule has 1 N–H and O–H groups in total. The van der Waals surface area contributed by atoms with Gasteiger partial charge in [-0.3, -0.25) is 14.8 Å². The largest absolute Gasteiger partial charge is 0.457 e. The molecule has 1 amide bonds. The van der Waals surface area contributed by atoms with Crippen LogP contribution in [0.15, 0.2) is 65.8 Å². The SMILES string of the molecule is C/C=C(\C=NC)c1cc(Oc2cccc(C(=O)NCc3cccc(F)c3F)c2C)ccn1.CC. The highest BCUT2D eigenvalue weighted by atomic mass is 19.2. The molecule has 5 nitrogen and oxygen atoms in total. The number of nitrogens with one attached hydrogen (secondary N) is 1. The quantitative estimate of drug-likeness (QED) is 0.404. The van der Waals surface area contributed by atoms with Crippen LogP contribution < -0.4 is 10.1 Å². The van der Waals surface area contributed by atoms with E-state index >= 15 is 0 Å². The zero-order valence-electron chi connectivity index (χ0n) is 20.0. The van der Waals surface area contributed by atoms with E-state index < -0.39 is 17.5 Å². The number of hydrogen-bond donors (Lipinski definition) is 1. The van der Waals surface area contributed by atoms with Crippen molar-refractivity contribution in [1.82, 2.24) is 10.3 Å². The molecule has 0 spiro atoms. The summed E-state index contributed by atoms with van der Waals surface area (Å²) < 4.78 is 33.2. The summed E-state index contributed by atoms with van der Waals surface area (Å²) in [6, 6.07) is 12.5. The number of rotatable bonds is 7. The number of benzene rings is 2. The van der Waals surface area contributed by atoms with Crippen molar-refractivity contribution in [2.45, 2.75) is 34.2 Å². The van der Waals surface area contributed by atoms with Crippen molar-refractivity contribution in [2.24, 2.45) is 4.99 Å². The van der Waals surface area contributed by atoms with Crippen molar-refractivity contribution in [3.8, 4) is 11.5 Å². The van der Waals surface area contributed by atoms with Crippen molar-refractivity contribution in [3.05, 3.63) is 94.8 Å². The molecule has 178 valence electrons. The fourth-order valence-corrected chi connectivity index (χ4v) is 3.11. The molecule has 0 fully saturated rings. The Balaban J connectivity index is 0.00000199. The second-order valence-electron chi connectivity index (χ2n) is 6.93. The van der Waals surface area contributed by atoms with Gasteiger partial charge in [0.15, 0.2) is 11.6 Å². The minimum absolute atomic E-state index is 0.0723. The Morgan fingerprint density at radius 3 is 2.59 bits per heavy atom. The van der Waals surface area contributed by atoms with Crippen LogP contribution in [0.25, 0.3) is 5.57 Å². The summed E-state index contributed by atoms with van der Waals surface area (Å²) in [5, 5.41) is 2.63. The molecule has 0 bridgehead atoms. The number of allylic oxidation sites excluding steroid dienone is 2. The van der Waals surface area contributed by atoms with Gasteiger partial charge < -0.3 is 10.1 Å². The van der Waals surface area contributed by atoms with Crippen LogP contribution in [0.4, 0.5) is 8.78 Å². The molecule has 3 rings (SSSR count). The molecule has 34 heavy (non-hydrogen) atoms. The number of aliphatic imine (C=N–C) groups is 1. The first-order valence-corrected chi connectivity index (χ1v) is 11.0. The van der Waals surface area contributed by atoms with E-state index in [-0.39, 0.29) is 12.1 Å². The summed E-state index contributed by atoms with van der Waals surface area (Å²) in [5.74, 6) is -1.28. The highest BCUT2D eigenvalue weighted by Gasteiger charge is 2.15. The monoisotopic (exact) mass is 465 g/mol. The maximum atomic E-state index is 13.8. The van der Waals surface area contributed by atoms with Crippen LogP contribution in [0.3, 0.4) is 0 Å². The van der Waals surface area contributed by atoms with Gasteiger partial charge in [0.2, 0.25) is 0 Å². The fraction of sp³-hybridized carbons (Fsp3) is 0.222. The van der Waals surface area contributed by atoms with Gasteiger partial charge in [-0.15, -0.1) is 0 Å². The summed E-state index contributed by atoms with van der Waals surface area (Å²) in [5.41, 5.74) is 2.63. The third-order valence-electron chi connectivity index (χ3n) is 4.83. The predicted molar refractivity (Wildman–Crippen MR) is 132 cm³/mol. The number of halogens is 2. The van der Waals surface area contributed by atoms with Crippen LogP contribution in [-0.2, 0) is 6.54 Å². The fourth-order valence-electron chi connectivity index (χ4n) is 3.11. The molecular weight excluding hydrogens is 436 g/mol. The molecule has 0 radical (unpaired) electrons. The minimum atomic E-state index is -0.969. The van der Waals surface area contributed by atoms with Gasteiger partial charge in [-0.05, 0) is 38.1 Å². The molecular formula is C27H29F2N3O2. The van der Waals surface area contributed by atoms with Crippen molar-refractivity contribution in [2.75, 3.05) is 7.05 Å². The highest BCUT2D eigenvalue weighted by Crippen LogP contribution is 2.28. The van der Waals surface area contributed by atoms with Gasteiger partial charge >= 0.3 is 0 Å². The molecule has 1 heterocycles. The van der Waals surface area contributed by atoms with Crippen LogP contribution in [0.5, 0.6) is 11.5 Å². The minimum Gasteiger partial charge on any atom is -0.457 e. The Morgan fingerprint density at radius 2 is 1.88 bits per heavy atom. The summed E-state index contributed by atoms with van der Waals surface area (Å²) in [6.07, 6.45) is 5.25. The lowest BCUT2D eigenvalue weighted by Crippen LogP contribution is -2.24. The Morgan fingerprint density at radius 1 is 1.15 bits per heavy atom. The van der Waals surface area contributed by atoms with Crippen LogP contribution in [0, 0.1) is 18.6 Å². The lowest BCUT2D eigenvalue weighted by Gasteiger charge is -2.13. The predicted octanol–water partition coefficient (Wildman–Crippen LogP) is 6.52.